The van der Waals surface area contributed by atoms with Gasteiger partial charge in [0.2, 0.25) is 0 Å². The Labute approximate surface area is 140 Å². The van der Waals surface area contributed by atoms with Crippen molar-refractivity contribution in [1.82, 2.24) is 4.90 Å². The van der Waals surface area contributed by atoms with Crippen LogP contribution in [-0.2, 0) is 10.2 Å². The summed E-state index contributed by atoms with van der Waals surface area (Å²) in [5.74, 6) is -0.215. The van der Waals surface area contributed by atoms with Crippen LogP contribution in [0.15, 0.2) is 24.3 Å². The number of benzene rings is 1. The summed E-state index contributed by atoms with van der Waals surface area (Å²) in [6.45, 7) is 10.1. The number of carbonyl (C=O) groups is 1. The van der Waals surface area contributed by atoms with E-state index >= 15 is 0 Å². The molecule has 1 aliphatic rings. The largest absolute Gasteiger partial charge is 1.00 e. The summed E-state index contributed by atoms with van der Waals surface area (Å²) in [6, 6.07) is 7.76. The highest BCUT2D eigenvalue weighted by Gasteiger charge is 2.15. The van der Waals surface area contributed by atoms with Crippen molar-refractivity contribution in [3.05, 3.63) is 35.4 Å². The highest BCUT2D eigenvalue weighted by molar-refractivity contribution is 5.89. The molecule has 1 aromatic rings. The minimum Gasteiger partial charge on any atom is -1.00 e. The Hall–Kier alpha value is -1.06. The number of piperidine rings is 1. The van der Waals surface area contributed by atoms with Gasteiger partial charge in [0.1, 0.15) is 6.61 Å². The Morgan fingerprint density at radius 2 is 1.68 bits per heavy atom. The van der Waals surface area contributed by atoms with Gasteiger partial charge in [-0.3, -0.25) is 4.90 Å². The Balaban J connectivity index is 0.00000242. The van der Waals surface area contributed by atoms with Gasteiger partial charge in [-0.2, -0.15) is 0 Å². The third-order valence-electron chi connectivity index (χ3n) is 4.08. The van der Waals surface area contributed by atoms with Crippen molar-refractivity contribution in [2.45, 2.75) is 45.4 Å². The third-order valence-corrected chi connectivity index (χ3v) is 4.08. The number of rotatable bonds is 4. The molecule has 4 heteroatoms. The molecule has 124 valence electrons. The van der Waals surface area contributed by atoms with Crippen LogP contribution in [0.2, 0.25) is 0 Å². The summed E-state index contributed by atoms with van der Waals surface area (Å²) in [5.41, 5.74) is 1.98. The van der Waals surface area contributed by atoms with Gasteiger partial charge in [0.15, 0.2) is 0 Å². The van der Waals surface area contributed by atoms with Crippen molar-refractivity contribution in [3.8, 4) is 0 Å². The zero-order valence-electron chi connectivity index (χ0n) is 13.9. The molecule has 0 amide bonds. The summed E-state index contributed by atoms with van der Waals surface area (Å²) < 4.78 is 5.38. The maximum atomic E-state index is 12.0. The summed E-state index contributed by atoms with van der Waals surface area (Å²) >= 11 is 0. The standard InChI is InChI=1S/C18H27NO2.ClH/c1-18(2,3)16-9-7-15(8-10-16)17(20)21-14-13-19-11-5-4-6-12-19;/h7-10H,4-6,11-14H2,1-3H3;1H/p-1. The molecule has 1 aliphatic heterocycles. The second-order valence-corrected chi connectivity index (χ2v) is 6.87. The van der Waals surface area contributed by atoms with Crippen molar-refractivity contribution >= 4 is 5.97 Å². The van der Waals surface area contributed by atoms with Crippen LogP contribution in [0.4, 0.5) is 0 Å². The number of likely N-dealkylation sites (tertiary alicyclic amines) is 1. The van der Waals surface area contributed by atoms with Crippen LogP contribution in [0.1, 0.15) is 56.0 Å². The molecule has 0 saturated carbocycles. The van der Waals surface area contributed by atoms with Gasteiger partial charge in [-0.25, -0.2) is 4.79 Å². The third kappa shape index (κ3) is 5.62. The maximum absolute atomic E-state index is 12.0. The summed E-state index contributed by atoms with van der Waals surface area (Å²) in [6.07, 6.45) is 3.86. The first-order valence-corrected chi connectivity index (χ1v) is 7.97. The number of hydrogen-bond acceptors (Lipinski definition) is 3. The Morgan fingerprint density at radius 1 is 1.09 bits per heavy atom. The molecule has 0 spiro atoms. The van der Waals surface area contributed by atoms with Crippen molar-refractivity contribution < 1.29 is 21.9 Å². The van der Waals surface area contributed by atoms with Crippen LogP contribution in [0.25, 0.3) is 0 Å². The van der Waals surface area contributed by atoms with E-state index in [2.05, 4.69) is 25.7 Å². The van der Waals surface area contributed by atoms with E-state index in [0.29, 0.717) is 12.2 Å². The number of hydrogen-bond donors (Lipinski definition) is 0. The zero-order chi connectivity index (χ0) is 15.3. The lowest BCUT2D eigenvalue weighted by molar-refractivity contribution is -0.0000241. The minimum atomic E-state index is -0.215. The summed E-state index contributed by atoms with van der Waals surface area (Å²) in [5, 5.41) is 0. The Kier molecular flexibility index (Phi) is 7.37. The van der Waals surface area contributed by atoms with Crippen molar-refractivity contribution in [2.75, 3.05) is 26.2 Å². The molecule has 0 aliphatic carbocycles. The predicted octanol–water partition coefficient (Wildman–Crippen LogP) is 0.631. The van der Waals surface area contributed by atoms with Crippen LogP contribution < -0.4 is 12.4 Å². The molecule has 0 radical (unpaired) electrons. The first-order chi connectivity index (χ1) is 9.97. The van der Waals surface area contributed by atoms with E-state index in [1.165, 1.54) is 24.8 Å². The molecule has 1 heterocycles. The maximum Gasteiger partial charge on any atom is 0.338 e. The van der Waals surface area contributed by atoms with Crippen LogP contribution in [-0.4, -0.2) is 37.1 Å². The second kappa shape index (κ2) is 8.54. The van der Waals surface area contributed by atoms with Crippen LogP contribution >= 0.6 is 0 Å². The second-order valence-electron chi connectivity index (χ2n) is 6.87. The molecule has 0 unspecified atom stereocenters. The van der Waals surface area contributed by atoms with Gasteiger partial charge in [-0.1, -0.05) is 39.3 Å². The quantitative estimate of drug-likeness (QED) is 0.761. The molecule has 1 aromatic carbocycles. The number of carbonyl (C=O) groups excluding carboxylic acids is 1. The SMILES string of the molecule is CC(C)(C)c1ccc(C(=O)OCCN2CCCCC2)cc1.[Cl-]. The van der Waals surface area contributed by atoms with Crippen LogP contribution in [0, 0.1) is 0 Å². The fraction of sp³-hybridized carbons (Fsp3) is 0.611. The van der Waals surface area contributed by atoms with Crippen LogP contribution in [0.5, 0.6) is 0 Å². The van der Waals surface area contributed by atoms with E-state index in [1.807, 2.05) is 24.3 Å². The van der Waals surface area contributed by atoms with Gasteiger partial charge >= 0.3 is 5.97 Å². The molecule has 0 bridgehead atoms. The average molecular weight is 325 g/mol. The highest BCUT2D eigenvalue weighted by Crippen LogP contribution is 2.22. The van der Waals surface area contributed by atoms with E-state index in [1.54, 1.807) is 0 Å². The lowest BCUT2D eigenvalue weighted by Gasteiger charge is -2.25. The van der Waals surface area contributed by atoms with E-state index in [9.17, 15) is 4.79 Å². The molecule has 3 nitrogen and oxygen atoms in total. The molecule has 0 N–H and O–H groups in total. The van der Waals surface area contributed by atoms with Gasteiger partial charge in [-0.05, 0) is 49.0 Å². The molecular formula is C18H27ClNO2-. The van der Waals surface area contributed by atoms with Gasteiger partial charge in [0.25, 0.3) is 0 Å². The number of ether oxygens (including phenoxy) is 1. The van der Waals surface area contributed by atoms with Crippen molar-refractivity contribution in [1.29, 1.82) is 0 Å². The first kappa shape index (κ1) is 19.0. The molecule has 22 heavy (non-hydrogen) atoms. The van der Waals surface area contributed by atoms with Gasteiger partial charge < -0.3 is 17.1 Å². The smallest absolute Gasteiger partial charge is 0.338 e. The number of halogens is 1. The lowest BCUT2D eigenvalue weighted by atomic mass is 9.87. The van der Waals surface area contributed by atoms with E-state index in [-0.39, 0.29) is 23.8 Å². The normalized spacial score (nSPS) is 16.0. The van der Waals surface area contributed by atoms with Gasteiger partial charge in [0.05, 0.1) is 5.56 Å². The highest BCUT2D eigenvalue weighted by atomic mass is 35.5. The fourth-order valence-corrected chi connectivity index (χ4v) is 2.64. The van der Waals surface area contributed by atoms with Crippen molar-refractivity contribution in [2.24, 2.45) is 0 Å². The Morgan fingerprint density at radius 3 is 2.23 bits per heavy atom. The summed E-state index contributed by atoms with van der Waals surface area (Å²) in [4.78, 5) is 14.4. The molecule has 1 fully saturated rings. The van der Waals surface area contributed by atoms with E-state index < -0.39 is 0 Å². The van der Waals surface area contributed by atoms with E-state index in [0.717, 1.165) is 19.6 Å². The molecule has 1 saturated heterocycles. The van der Waals surface area contributed by atoms with Gasteiger partial charge in [-0.15, -0.1) is 0 Å². The first-order valence-electron chi connectivity index (χ1n) is 7.97. The predicted molar refractivity (Wildman–Crippen MR) is 85.7 cm³/mol. The average Bonchev–Trinajstić information content (AvgIpc) is 2.47. The van der Waals surface area contributed by atoms with E-state index in [4.69, 9.17) is 4.74 Å². The van der Waals surface area contributed by atoms with Crippen LogP contribution in [0.3, 0.4) is 0 Å². The number of nitrogens with zero attached hydrogens (tertiary/aromatic N) is 1. The topological polar surface area (TPSA) is 29.5 Å². The molecular weight excluding hydrogens is 298 g/mol. The zero-order valence-corrected chi connectivity index (χ0v) is 14.7. The minimum absolute atomic E-state index is 0. The molecule has 2 rings (SSSR count). The van der Waals surface area contributed by atoms with Crippen molar-refractivity contribution in [3.63, 3.8) is 0 Å². The Bertz CT molecular complexity index is 459. The summed E-state index contributed by atoms with van der Waals surface area (Å²) in [7, 11) is 0. The fourth-order valence-electron chi connectivity index (χ4n) is 2.64. The van der Waals surface area contributed by atoms with Gasteiger partial charge in [0, 0.05) is 6.54 Å². The molecule has 0 atom stereocenters. The molecule has 0 aromatic heterocycles. The number of esters is 1. The lowest BCUT2D eigenvalue weighted by Crippen LogP contribution is -3.00. The monoisotopic (exact) mass is 324 g/mol.